The molecule has 0 aliphatic rings. The van der Waals surface area contributed by atoms with Crippen molar-refractivity contribution in [3.05, 3.63) is 75.6 Å². The summed E-state index contributed by atoms with van der Waals surface area (Å²) in [7, 11) is 0. The Morgan fingerprint density at radius 3 is 2.31 bits per heavy atom. The Morgan fingerprint density at radius 1 is 1.03 bits per heavy atom. The van der Waals surface area contributed by atoms with Gasteiger partial charge in [0.1, 0.15) is 5.56 Å². The van der Waals surface area contributed by atoms with Crippen LogP contribution in [0.1, 0.15) is 63.0 Å². The van der Waals surface area contributed by atoms with Crippen molar-refractivity contribution in [1.82, 2.24) is 4.98 Å². The molecule has 1 heterocycles. The molecule has 0 aliphatic heterocycles. The number of amides is 1. The Kier molecular flexibility index (Phi) is 7.04. The zero-order valence-corrected chi connectivity index (χ0v) is 19.6. The van der Waals surface area contributed by atoms with Crippen LogP contribution in [0.5, 0.6) is 0 Å². The van der Waals surface area contributed by atoms with Gasteiger partial charge in [-0.3, -0.25) is 9.59 Å². The molecule has 2 N–H and O–H groups in total. The molecule has 29 heavy (non-hydrogen) atoms. The minimum absolute atomic E-state index is 0. The fourth-order valence-corrected chi connectivity index (χ4v) is 3.17. The molecule has 1 radical (unpaired) electrons. The van der Waals surface area contributed by atoms with Gasteiger partial charge in [0.2, 0.25) is 11.3 Å². The SMILES string of the molecule is CC(C)(C)c1[c-]cc(NC(=O)c2c[nH]c3ccccc3c2=O)c(C(C)(C)C)c1.[Ho]. The number of hydrogen-bond donors (Lipinski definition) is 2. The number of pyridine rings is 1. The van der Waals surface area contributed by atoms with Crippen LogP contribution in [0.2, 0.25) is 0 Å². The quantitative estimate of drug-likeness (QED) is 0.348. The van der Waals surface area contributed by atoms with Crippen LogP contribution in [0.15, 0.2) is 47.4 Å². The van der Waals surface area contributed by atoms with Gasteiger partial charge in [-0.25, -0.2) is 0 Å². The summed E-state index contributed by atoms with van der Waals surface area (Å²) in [5, 5.41) is 3.43. The number of para-hydroxylation sites is 1. The molecule has 0 saturated heterocycles. The molecule has 157 valence electrons. The van der Waals surface area contributed by atoms with E-state index in [1.807, 2.05) is 18.2 Å². The summed E-state index contributed by atoms with van der Waals surface area (Å²) in [5.41, 5.74) is 3.09. The van der Waals surface area contributed by atoms with Crippen LogP contribution in [0.4, 0.5) is 5.69 Å². The fourth-order valence-electron chi connectivity index (χ4n) is 3.17. The molecule has 3 aromatic rings. The summed E-state index contributed by atoms with van der Waals surface area (Å²) in [4.78, 5) is 28.7. The van der Waals surface area contributed by atoms with Crippen LogP contribution < -0.4 is 10.7 Å². The van der Waals surface area contributed by atoms with Crippen LogP contribution in [0.3, 0.4) is 0 Å². The van der Waals surface area contributed by atoms with Gasteiger partial charge in [0.25, 0.3) is 0 Å². The Balaban J connectivity index is 0.00000300. The maximum atomic E-state index is 12.9. The van der Waals surface area contributed by atoms with E-state index >= 15 is 0 Å². The normalized spacial score (nSPS) is 11.8. The van der Waals surface area contributed by atoms with Gasteiger partial charge in [-0.1, -0.05) is 59.4 Å². The molecule has 0 saturated carbocycles. The second-order valence-electron chi connectivity index (χ2n) is 9.21. The summed E-state index contributed by atoms with van der Waals surface area (Å²) < 4.78 is 0. The fraction of sp³-hybridized carbons (Fsp3) is 0.333. The number of rotatable bonds is 2. The van der Waals surface area contributed by atoms with Crippen molar-refractivity contribution in [1.29, 1.82) is 0 Å². The number of aromatic amines is 1. The molecule has 0 bridgehead atoms. The van der Waals surface area contributed by atoms with Crippen molar-refractivity contribution in [2.24, 2.45) is 0 Å². The Bertz CT molecular complexity index is 1100. The summed E-state index contributed by atoms with van der Waals surface area (Å²) in [6.45, 7) is 12.7. The first kappa shape index (κ1) is 23.7. The second-order valence-corrected chi connectivity index (χ2v) is 9.21. The second kappa shape index (κ2) is 8.63. The molecule has 1 amide bonds. The van der Waals surface area contributed by atoms with Crippen molar-refractivity contribution >= 4 is 22.5 Å². The summed E-state index contributed by atoms with van der Waals surface area (Å²) in [6.07, 6.45) is 1.48. The molecular formula is C24H27HoN2O2-. The van der Waals surface area contributed by atoms with E-state index in [0.717, 1.165) is 11.1 Å². The molecule has 0 spiro atoms. The third-order valence-electron chi connectivity index (χ3n) is 4.85. The predicted molar refractivity (Wildman–Crippen MR) is 115 cm³/mol. The smallest absolute Gasteiger partial charge is 0.250 e. The van der Waals surface area contributed by atoms with Crippen molar-refractivity contribution in [2.45, 2.75) is 52.4 Å². The van der Waals surface area contributed by atoms with Gasteiger partial charge in [0.05, 0.1) is 0 Å². The topological polar surface area (TPSA) is 62.0 Å². The summed E-state index contributed by atoms with van der Waals surface area (Å²) in [5.74, 6) is -0.422. The number of carbonyl (C=O) groups is 1. The van der Waals surface area contributed by atoms with E-state index in [1.54, 1.807) is 12.1 Å². The summed E-state index contributed by atoms with van der Waals surface area (Å²) in [6, 6.07) is 14.4. The van der Waals surface area contributed by atoms with E-state index in [1.165, 1.54) is 6.20 Å². The first-order valence-corrected chi connectivity index (χ1v) is 9.47. The zero-order valence-electron chi connectivity index (χ0n) is 17.7. The number of carbonyl (C=O) groups excluding carboxylic acids is 1. The predicted octanol–water partition coefficient (Wildman–Crippen LogP) is 5.18. The first-order valence-electron chi connectivity index (χ1n) is 9.47. The van der Waals surface area contributed by atoms with Gasteiger partial charge < -0.3 is 10.3 Å². The molecule has 0 unspecified atom stereocenters. The van der Waals surface area contributed by atoms with Gasteiger partial charge in [-0.2, -0.15) is 23.8 Å². The number of aromatic nitrogens is 1. The van der Waals surface area contributed by atoms with Gasteiger partial charge >= 0.3 is 0 Å². The molecule has 3 rings (SSSR count). The van der Waals surface area contributed by atoms with Crippen molar-refractivity contribution in [3.8, 4) is 0 Å². The number of hydrogen-bond acceptors (Lipinski definition) is 2. The van der Waals surface area contributed by atoms with Crippen molar-refractivity contribution in [3.63, 3.8) is 0 Å². The number of anilines is 1. The van der Waals surface area contributed by atoms with Gasteiger partial charge in [-0.15, -0.1) is 5.56 Å². The number of nitrogens with one attached hydrogen (secondary N) is 2. The Labute approximate surface area is 202 Å². The van der Waals surface area contributed by atoms with E-state index in [4.69, 9.17) is 0 Å². The van der Waals surface area contributed by atoms with E-state index in [2.05, 4.69) is 64.0 Å². The molecule has 0 atom stereocenters. The molecular weight excluding hydrogens is 513 g/mol. The van der Waals surface area contributed by atoms with E-state index in [9.17, 15) is 9.59 Å². The molecule has 2 aromatic carbocycles. The number of H-pyrrole nitrogens is 1. The van der Waals surface area contributed by atoms with Crippen LogP contribution in [-0.2, 0) is 10.8 Å². The third-order valence-corrected chi connectivity index (χ3v) is 4.85. The molecule has 0 aliphatic carbocycles. The van der Waals surface area contributed by atoms with Crippen LogP contribution in [0.25, 0.3) is 10.9 Å². The van der Waals surface area contributed by atoms with E-state index in [0.29, 0.717) is 16.6 Å². The minimum Gasteiger partial charge on any atom is -0.375 e. The van der Waals surface area contributed by atoms with Gasteiger partial charge in [0.15, 0.2) is 0 Å². The maximum absolute atomic E-state index is 12.9. The molecule has 1 aromatic heterocycles. The van der Waals surface area contributed by atoms with E-state index in [-0.39, 0.29) is 59.6 Å². The Morgan fingerprint density at radius 2 is 1.69 bits per heavy atom. The van der Waals surface area contributed by atoms with Crippen molar-refractivity contribution in [2.75, 3.05) is 5.32 Å². The third kappa shape index (κ3) is 5.11. The minimum atomic E-state index is -0.422. The monoisotopic (exact) mass is 540 g/mol. The standard InChI is InChI=1S/C24H27N2O2.Ho/c1-23(2,3)15-11-12-20(18(13-15)24(4,5)6)26-22(28)17-14-25-19-10-8-7-9-16(19)21(17)27;/h7-10,12-14H,1-6H3,(H,25,27)(H,26,28);/q-1;. The number of fused-ring (bicyclic) bond motifs is 1. The van der Waals surface area contributed by atoms with Crippen LogP contribution >= 0.6 is 0 Å². The first-order chi connectivity index (χ1) is 13.0. The maximum Gasteiger partial charge on any atom is 0.250 e. The van der Waals surface area contributed by atoms with Crippen molar-refractivity contribution < 1.29 is 42.5 Å². The number of benzene rings is 2. The molecule has 5 heteroatoms. The van der Waals surface area contributed by atoms with E-state index < -0.39 is 5.91 Å². The van der Waals surface area contributed by atoms with Gasteiger partial charge in [-0.05, 0) is 23.0 Å². The molecule has 4 nitrogen and oxygen atoms in total. The largest absolute Gasteiger partial charge is 0.375 e. The average Bonchev–Trinajstić information content (AvgIpc) is 2.60. The summed E-state index contributed by atoms with van der Waals surface area (Å²) >= 11 is 0. The molecule has 0 fully saturated rings. The zero-order chi connectivity index (χ0) is 20.7. The van der Waals surface area contributed by atoms with Crippen LogP contribution in [0, 0.1) is 43.8 Å². The van der Waals surface area contributed by atoms with Crippen LogP contribution in [-0.4, -0.2) is 10.9 Å². The van der Waals surface area contributed by atoms with Gasteiger partial charge in [0, 0.05) is 54.8 Å². The average molecular weight is 540 g/mol. The Hall–Kier alpha value is -1.62.